The Balaban J connectivity index is 2.27. The zero-order valence-electron chi connectivity index (χ0n) is 10.1. The molecule has 3 nitrogen and oxygen atoms in total. The van der Waals surface area contributed by atoms with Crippen LogP contribution in [0.3, 0.4) is 0 Å². The zero-order valence-corrected chi connectivity index (χ0v) is 10.1. The van der Waals surface area contributed by atoms with Crippen LogP contribution in [0, 0.1) is 0 Å². The van der Waals surface area contributed by atoms with Gasteiger partial charge in [0.15, 0.2) is 0 Å². The minimum atomic E-state index is -0.498. The van der Waals surface area contributed by atoms with Crippen molar-refractivity contribution in [3.8, 4) is 5.69 Å². The second kappa shape index (κ2) is 4.27. The van der Waals surface area contributed by atoms with Crippen LogP contribution in [0.2, 0.25) is 0 Å². The van der Waals surface area contributed by atoms with E-state index < -0.39 is 6.10 Å². The lowest BCUT2D eigenvalue weighted by atomic mass is 10.1. The molecule has 0 unspecified atom stereocenters. The molecule has 0 radical (unpaired) electrons. The fraction of sp³-hybridized carbons (Fsp3) is 0.133. The smallest absolute Gasteiger partial charge is 0.100 e. The Morgan fingerprint density at radius 3 is 2.61 bits per heavy atom. The van der Waals surface area contributed by atoms with Gasteiger partial charge in [-0.3, -0.25) is 4.57 Å². The van der Waals surface area contributed by atoms with Crippen molar-refractivity contribution in [3.63, 3.8) is 0 Å². The highest BCUT2D eigenvalue weighted by Crippen LogP contribution is 2.24. The lowest BCUT2D eigenvalue weighted by Gasteiger charge is -2.13. The average Bonchev–Trinajstić information content (AvgIpc) is 2.82. The Kier molecular flexibility index (Phi) is 2.61. The van der Waals surface area contributed by atoms with Gasteiger partial charge in [-0.25, -0.2) is 4.98 Å². The maximum absolute atomic E-state index is 9.84. The summed E-state index contributed by atoms with van der Waals surface area (Å²) in [6, 6.07) is 15.8. The van der Waals surface area contributed by atoms with Gasteiger partial charge in [-0.05, 0) is 25.1 Å². The number of aliphatic hydroxyl groups is 1. The largest absolute Gasteiger partial charge is 0.389 e. The standard InChI is InChI=1S/C15H14N2O/c1-11(18)12-6-2-4-8-14(12)17-10-16-13-7-3-5-9-15(13)17/h2-11,18H,1H3/t11-/m0/s1. The number of aliphatic hydroxyl groups excluding tert-OH is 1. The highest BCUT2D eigenvalue weighted by molar-refractivity contribution is 5.77. The fourth-order valence-electron chi connectivity index (χ4n) is 2.21. The normalized spacial score (nSPS) is 12.8. The summed E-state index contributed by atoms with van der Waals surface area (Å²) in [5, 5.41) is 9.84. The molecule has 1 aromatic heterocycles. The van der Waals surface area contributed by atoms with Crippen molar-refractivity contribution < 1.29 is 5.11 Å². The first-order valence-corrected chi connectivity index (χ1v) is 5.97. The Labute approximate surface area is 105 Å². The molecular weight excluding hydrogens is 224 g/mol. The van der Waals surface area contributed by atoms with Crippen molar-refractivity contribution in [2.24, 2.45) is 0 Å². The first-order valence-electron chi connectivity index (χ1n) is 5.97. The van der Waals surface area contributed by atoms with Gasteiger partial charge in [0.05, 0.1) is 22.8 Å². The van der Waals surface area contributed by atoms with E-state index in [4.69, 9.17) is 0 Å². The summed E-state index contributed by atoms with van der Waals surface area (Å²) in [7, 11) is 0. The maximum atomic E-state index is 9.84. The molecule has 90 valence electrons. The van der Waals surface area contributed by atoms with Gasteiger partial charge in [0.2, 0.25) is 0 Å². The fourth-order valence-corrected chi connectivity index (χ4v) is 2.21. The van der Waals surface area contributed by atoms with Crippen molar-refractivity contribution in [2.75, 3.05) is 0 Å². The van der Waals surface area contributed by atoms with E-state index in [0.717, 1.165) is 22.3 Å². The molecule has 1 heterocycles. The van der Waals surface area contributed by atoms with Crippen LogP contribution in [0.1, 0.15) is 18.6 Å². The van der Waals surface area contributed by atoms with Gasteiger partial charge in [0.1, 0.15) is 6.33 Å². The van der Waals surface area contributed by atoms with Crippen LogP contribution < -0.4 is 0 Å². The average molecular weight is 238 g/mol. The third kappa shape index (κ3) is 1.69. The molecule has 3 heteroatoms. The first-order chi connectivity index (χ1) is 8.77. The number of para-hydroxylation sites is 3. The van der Waals surface area contributed by atoms with Crippen molar-refractivity contribution in [1.82, 2.24) is 9.55 Å². The number of imidazole rings is 1. The molecule has 0 aliphatic rings. The van der Waals surface area contributed by atoms with Gasteiger partial charge in [-0.1, -0.05) is 30.3 Å². The summed E-state index contributed by atoms with van der Waals surface area (Å²) in [5.41, 5.74) is 3.88. The van der Waals surface area contributed by atoms with Crippen LogP contribution >= 0.6 is 0 Å². The van der Waals surface area contributed by atoms with Crippen molar-refractivity contribution in [3.05, 3.63) is 60.4 Å². The molecule has 0 fully saturated rings. The summed E-state index contributed by atoms with van der Waals surface area (Å²) < 4.78 is 2.01. The molecule has 3 aromatic rings. The summed E-state index contributed by atoms with van der Waals surface area (Å²) in [5.74, 6) is 0. The molecule has 0 aliphatic carbocycles. The molecule has 0 saturated carbocycles. The van der Waals surface area contributed by atoms with Gasteiger partial charge in [0.25, 0.3) is 0 Å². The van der Waals surface area contributed by atoms with Gasteiger partial charge < -0.3 is 5.11 Å². The SMILES string of the molecule is C[C@H](O)c1ccccc1-n1cnc2ccccc21. The number of aromatic nitrogens is 2. The molecule has 0 aliphatic heterocycles. The Hall–Kier alpha value is -2.13. The van der Waals surface area contributed by atoms with E-state index in [-0.39, 0.29) is 0 Å². The van der Waals surface area contributed by atoms with Crippen LogP contribution in [-0.4, -0.2) is 14.7 Å². The Morgan fingerprint density at radius 1 is 1.06 bits per heavy atom. The van der Waals surface area contributed by atoms with E-state index in [1.54, 1.807) is 13.3 Å². The van der Waals surface area contributed by atoms with Crippen molar-refractivity contribution in [2.45, 2.75) is 13.0 Å². The van der Waals surface area contributed by atoms with E-state index in [1.807, 2.05) is 53.1 Å². The lowest BCUT2D eigenvalue weighted by molar-refractivity contribution is 0.199. The molecular formula is C15H14N2O. The minimum Gasteiger partial charge on any atom is -0.389 e. The quantitative estimate of drug-likeness (QED) is 0.745. The number of rotatable bonds is 2. The van der Waals surface area contributed by atoms with Crippen LogP contribution in [0.4, 0.5) is 0 Å². The van der Waals surface area contributed by atoms with E-state index in [9.17, 15) is 5.11 Å². The predicted molar refractivity (Wildman–Crippen MR) is 71.7 cm³/mol. The van der Waals surface area contributed by atoms with Crippen LogP contribution in [0.5, 0.6) is 0 Å². The molecule has 0 bridgehead atoms. The van der Waals surface area contributed by atoms with Gasteiger partial charge in [-0.15, -0.1) is 0 Å². The number of nitrogens with zero attached hydrogens (tertiary/aromatic N) is 2. The van der Waals surface area contributed by atoms with E-state index in [1.165, 1.54) is 0 Å². The minimum absolute atomic E-state index is 0.498. The van der Waals surface area contributed by atoms with Crippen LogP contribution in [0.15, 0.2) is 54.9 Å². The van der Waals surface area contributed by atoms with Crippen LogP contribution in [0.25, 0.3) is 16.7 Å². The molecule has 1 N–H and O–H groups in total. The summed E-state index contributed by atoms with van der Waals surface area (Å²) in [6.07, 6.45) is 1.30. The highest BCUT2D eigenvalue weighted by Gasteiger charge is 2.10. The number of hydrogen-bond donors (Lipinski definition) is 1. The topological polar surface area (TPSA) is 38.0 Å². The van der Waals surface area contributed by atoms with Gasteiger partial charge in [0, 0.05) is 5.56 Å². The molecule has 0 spiro atoms. The van der Waals surface area contributed by atoms with Crippen molar-refractivity contribution in [1.29, 1.82) is 0 Å². The molecule has 0 saturated heterocycles. The monoisotopic (exact) mass is 238 g/mol. The summed E-state index contributed by atoms with van der Waals surface area (Å²) in [4.78, 5) is 4.38. The third-order valence-electron chi connectivity index (χ3n) is 3.10. The molecule has 0 amide bonds. The molecule has 2 aromatic carbocycles. The molecule has 1 atom stereocenters. The second-order valence-electron chi connectivity index (χ2n) is 4.34. The second-order valence-corrected chi connectivity index (χ2v) is 4.34. The van der Waals surface area contributed by atoms with Gasteiger partial charge >= 0.3 is 0 Å². The maximum Gasteiger partial charge on any atom is 0.100 e. The van der Waals surface area contributed by atoms with E-state index >= 15 is 0 Å². The third-order valence-corrected chi connectivity index (χ3v) is 3.10. The Bertz CT molecular complexity index is 686. The number of benzene rings is 2. The van der Waals surface area contributed by atoms with Gasteiger partial charge in [-0.2, -0.15) is 0 Å². The van der Waals surface area contributed by atoms with Crippen LogP contribution in [-0.2, 0) is 0 Å². The predicted octanol–water partition coefficient (Wildman–Crippen LogP) is 3.08. The summed E-state index contributed by atoms with van der Waals surface area (Å²) in [6.45, 7) is 1.78. The zero-order chi connectivity index (χ0) is 12.5. The molecule has 3 rings (SSSR count). The van der Waals surface area contributed by atoms with Crippen molar-refractivity contribution >= 4 is 11.0 Å². The summed E-state index contributed by atoms with van der Waals surface area (Å²) >= 11 is 0. The van der Waals surface area contributed by atoms with E-state index in [0.29, 0.717) is 0 Å². The number of fused-ring (bicyclic) bond motifs is 1. The lowest BCUT2D eigenvalue weighted by Crippen LogP contribution is -2.01. The highest BCUT2D eigenvalue weighted by atomic mass is 16.3. The van der Waals surface area contributed by atoms with E-state index in [2.05, 4.69) is 4.98 Å². The first kappa shape index (κ1) is 11.0. The molecule has 18 heavy (non-hydrogen) atoms. The number of hydrogen-bond acceptors (Lipinski definition) is 2. The Morgan fingerprint density at radius 2 is 1.78 bits per heavy atom.